The number of hydrogen-bond acceptors (Lipinski definition) is 3. The summed E-state index contributed by atoms with van der Waals surface area (Å²) in [5.41, 5.74) is 1.07. The van der Waals surface area contributed by atoms with Gasteiger partial charge in [-0.3, -0.25) is 0 Å². The third-order valence-corrected chi connectivity index (χ3v) is 1.76. The van der Waals surface area contributed by atoms with E-state index in [1.165, 1.54) is 0 Å². The zero-order chi connectivity index (χ0) is 9.19. The zero-order valence-corrected chi connectivity index (χ0v) is 8.98. The molecule has 0 heterocycles. The van der Waals surface area contributed by atoms with Crippen molar-refractivity contribution in [3.63, 3.8) is 0 Å². The van der Waals surface area contributed by atoms with Crippen molar-refractivity contribution in [2.75, 3.05) is 6.26 Å². The van der Waals surface area contributed by atoms with Crippen LogP contribution in [0, 0.1) is 6.92 Å². The highest BCUT2D eigenvalue weighted by atomic mass is 35.5. The summed E-state index contributed by atoms with van der Waals surface area (Å²) in [4.78, 5) is 0. The van der Waals surface area contributed by atoms with E-state index in [1.54, 1.807) is 24.3 Å². The Morgan fingerprint density at radius 2 is 1.62 bits per heavy atom. The Hall–Kier alpha value is -0.740. The average Bonchev–Trinajstić information content (AvgIpc) is 1.91. The summed E-state index contributed by atoms with van der Waals surface area (Å²) < 4.78 is 26.0. The minimum Gasteiger partial charge on any atom is -0.383 e. The molecule has 1 aromatic carbocycles. The normalized spacial score (nSPS) is 10.3. The van der Waals surface area contributed by atoms with Crippen molar-refractivity contribution in [3.8, 4) is 5.75 Å². The maximum atomic E-state index is 10.7. The molecular formula is C8H11ClO3S. The Morgan fingerprint density at radius 3 is 2.00 bits per heavy atom. The maximum absolute atomic E-state index is 10.7. The van der Waals surface area contributed by atoms with E-state index in [9.17, 15) is 8.42 Å². The number of rotatable bonds is 2. The number of halogens is 1. The molecule has 13 heavy (non-hydrogen) atoms. The SMILES string of the molecule is Cc1ccc(OS(C)(=O)=O)cc1.Cl. The first-order valence-corrected chi connectivity index (χ1v) is 5.25. The van der Waals surface area contributed by atoms with Gasteiger partial charge in [0.25, 0.3) is 0 Å². The summed E-state index contributed by atoms with van der Waals surface area (Å²) >= 11 is 0. The molecule has 0 bridgehead atoms. The van der Waals surface area contributed by atoms with Crippen molar-refractivity contribution in [2.45, 2.75) is 6.92 Å². The van der Waals surface area contributed by atoms with Gasteiger partial charge in [0, 0.05) is 0 Å². The third kappa shape index (κ3) is 4.75. The second-order valence-electron chi connectivity index (χ2n) is 2.60. The summed E-state index contributed by atoms with van der Waals surface area (Å²) in [6.07, 6.45) is 1.02. The third-order valence-electron chi connectivity index (χ3n) is 1.27. The van der Waals surface area contributed by atoms with Gasteiger partial charge in [-0.1, -0.05) is 17.7 Å². The number of benzene rings is 1. The lowest BCUT2D eigenvalue weighted by Gasteiger charge is -2.01. The van der Waals surface area contributed by atoms with E-state index in [1.807, 2.05) is 6.92 Å². The first-order chi connectivity index (χ1) is 5.47. The lowest BCUT2D eigenvalue weighted by atomic mass is 10.2. The maximum Gasteiger partial charge on any atom is 0.306 e. The predicted octanol–water partition coefficient (Wildman–Crippen LogP) is 1.76. The van der Waals surface area contributed by atoms with Crippen LogP contribution < -0.4 is 4.18 Å². The van der Waals surface area contributed by atoms with E-state index in [4.69, 9.17) is 0 Å². The first kappa shape index (κ1) is 12.3. The van der Waals surface area contributed by atoms with E-state index in [2.05, 4.69) is 4.18 Å². The van der Waals surface area contributed by atoms with E-state index in [0.717, 1.165) is 11.8 Å². The highest BCUT2D eigenvalue weighted by Crippen LogP contribution is 2.12. The van der Waals surface area contributed by atoms with E-state index >= 15 is 0 Å². The molecule has 0 fully saturated rings. The predicted molar refractivity (Wildman–Crippen MR) is 53.9 cm³/mol. The lowest BCUT2D eigenvalue weighted by Crippen LogP contribution is -2.05. The molecule has 1 rings (SSSR count). The van der Waals surface area contributed by atoms with Crippen LogP contribution in [0.1, 0.15) is 5.56 Å². The molecule has 0 N–H and O–H groups in total. The van der Waals surface area contributed by atoms with Crippen LogP contribution >= 0.6 is 12.4 Å². The molecule has 0 radical (unpaired) electrons. The van der Waals surface area contributed by atoms with Crippen LogP contribution in [-0.4, -0.2) is 14.7 Å². The Bertz CT molecular complexity index is 355. The second kappa shape index (κ2) is 4.48. The van der Waals surface area contributed by atoms with Gasteiger partial charge in [0.05, 0.1) is 6.26 Å². The molecule has 0 amide bonds. The van der Waals surface area contributed by atoms with Gasteiger partial charge in [0.2, 0.25) is 0 Å². The zero-order valence-electron chi connectivity index (χ0n) is 7.35. The van der Waals surface area contributed by atoms with Gasteiger partial charge in [-0.05, 0) is 19.1 Å². The minimum absolute atomic E-state index is 0. The van der Waals surface area contributed by atoms with Crippen LogP contribution in [0.2, 0.25) is 0 Å². The van der Waals surface area contributed by atoms with Gasteiger partial charge < -0.3 is 4.18 Å². The molecule has 0 aliphatic heterocycles. The largest absolute Gasteiger partial charge is 0.383 e. The topological polar surface area (TPSA) is 43.4 Å². The highest BCUT2D eigenvalue weighted by Gasteiger charge is 2.02. The summed E-state index contributed by atoms with van der Waals surface area (Å²) in [6, 6.07) is 6.83. The smallest absolute Gasteiger partial charge is 0.306 e. The lowest BCUT2D eigenvalue weighted by molar-refractivity contribution is 0.493. The quantitative estimate of drug-likeness (QED) is 0.717. The van der Waals surface area contributed by atoms with Gasteiger partial charge in [0.15, 0.2) is 0 Å². The Labute approximate surface area is 84.3 Å². The van der Waals surface area contributed by atoms with Crippen molar-refractivity contribution < 1.29 is 12.6 Å². The van der Waals surface area contributed by atoms with Crippen LogP contribution in [0.25, 0.3) is 0 Å². The molecular weight excluding hydrogens is 212 g/mol. The molecule has 74 valence electrons. The van der Waals surface area contributed by atoms with Crippen LogP contribution in [0.5, 0.6) is 5.75 Å². The standard InChI is InChI=1S/C8H10O3S.ClH/c1-7-3-5-8(6-4-7)11-12(2,9)10;/h3-6H,1-2H3;1H. The van der Waals surface area contributed by atoms with E-state index in [-0.39, 0.29) is 12.4 Å². The van der Waals surface area contributed by atoms with Crippen LogP contribution in [-0.2, 0) is 10.1 Å². The molecule has 1 aromatic rings. The summed E-state index contributed by atoms with van der Waals surface area (Å²) in [7, 11) is -3.39. The highest BCUT2D eigenvalue weighted by molar-refractivity contribution is 7.86. The van der Waals surface area contributed by atoms with Gasteiger partial charge in [-0.25, -0.2) is 0 Å². The average molecular weight is 223 g/mol. The van der Waals surface area contributed by atoms with Crippen LogP contribution in [0.15, 0.2) is 24.3 Å². The molecule has 0 aromatic heterocycles. The minimum atomic E-state index is -3.39. The van der Waals surface area contributed by atoms with Crippen molar-refractivity contribution >= 4 is 22.5 Å². The van der Waals surface area contributed by atoms with Gasteiger partial charge >= 0.3 is 10.1 Å². The monoisotopic (exact) mass is 222 g/mol. The van der Waals surface area contributed by atoms with Crippen LogP contribution in [0.4, 0.5) is 0 Å². The number of hydrogen-bond donors (Lipinski definition) is 0. The molecule has 0 spiro atoms. The van der Waals surface area contributed by atoms with Gasteiger partial charge in [0.1, 0.15) is 5.75 Å². The van der Waals surface area contributed by atoms with E-state index < -0.39 is 10.1 Å². The molecule has 0 unspecified atom stereocenters. The fourth-order valence-electron chi connectivity index (χ4n) is 0.769. The van der Waals surface area contributed by atoms with Gasteiger partial charge in [-0.2, -0.15) is 8.42 Å². The summed E-state index contributed by atoms with van der Waals surface area (Å²) in [5.74, 6) is 0.350. The Morgan fingerprint density at radius 1 is 1.15 bits per heavy atom. The fourth-order valence-corrected chi connectivity index (χ4v) is 1.23. The first-order valence-electron chi connectivity index (χ1n) is 3.43. The Kier molecular flexibility index (Phi) is 4.23. The van der Waals surface area contributed by atoms with Crippen molar-refractivity contribution in [2.24, 2.45) is 0 Å². The molecule has 0 atom stereocenters. The van der Waals surface area contributed by atoms with Crippen molar-refractivity contribution in [1.29, 1.82) is 0 Å². The summed E-state index contributed by atoms with van der Waals surface area (Å²) in [6.45, 7) is 1.92. The molecule has 0 saturated carbocycles. The molecule has 0 aliphatic carbocycles. The Balaban J connectivity index is 0.00000144. The summed E-state index contributed by atoms with van der Waals surface area (Å²) in [5, 5.41) is 0. The fraction of sp³-hybridized carbons (Fsp3) is 0.250. The van der Waals surface area contributed by atoms with E-state index in [0.29, 0.717) is 5.75 Å². The molecule has 0 saturated heterocycles. The molecule has 5 heteroatoms. The van der Waals surface area contributed by atoms with Crippen LogP contribution in [0.3, 0.4) is 0 Å². The van der Waals surface area contributed by atoms with Crippen molar-refractivity contribution in [1.82, 2.24) is 0 Å². The van der Waals surface area contributed by atoms with Crippen molar-refractivity contribution in [3.05, 3.63) is 29.8 Å². The number of aryl methyl sites for hydroxylation is 1. The molecule has 3 nitrogen and oxygen atoms in total. The second-order valence-corrected chi connectivity index (χ2v) is 4.18. The molecule has 0 aliphatic rings. The van der Waals surface area contributed by atoms with Gasteiger partial charge in [-0.15, -0.1) is 12.4 Å².